The Morgan fingerprint density at radius 2 is 1.88 bits per heavy atom. The molecular weight excluding hydrogens is 433 g/mol. The van der Waals surface area contributed by atoms with Gasteiger partial charge in [0.05, 0.1) is 6.04 Å². The van der Waals surface area contributed by atoms with Crippen molar-refractivity contribution in [1.82, 2.24) is 4.72 Å². The molecule has 0 bridgehead atoms. The third kappa shape index (κ3) is 4.46. The van der Waals surface area contributed by atoms with Crippen LogP contribution >= 0.6 is 34.8 Å². The van der Waals surface area contributed by atoms with Crippen molar-refractivity contribution in [3.05, 3.63) is 46.0 Å². The van der Waals surface area contributed by atoms with Crippen LogP contribution in [0, 0.1) is 0 Å². The second kappa shape index (κ2) is 7.40. The van der Waals surface area contributed by atoms with Gasteiger partial charge in [-0.25, -0.2) is 13.7 Å². The Balaban J connectivity index is 2.38. The standard InChI is InChI=1S/C13H8Cl3F4NO3S/c14-6-1-2-7(8(15)5-6)11(9-3-4-10(22)24-9)21-25(23)13(19,20)12(16,17)18/h1-5,9,11,21H/t9-,11-,25?/m1/s1. The van der Waals surface area contributed by atoms with Crippen LogP contribution < -0.4 is 4.72 Å². The SMILES string of the molecule is O=C1C=C[C@H]([C@H](NS(=O)C(F)(F)C(F)(F)Cl)c2ccc(Cl)cc2Cl)O1. The Kier molecular flexibility index (Phi) is 6.05. The second-order valence-corrected chi connectivity index (χ2v) is 7.41. The fraction of sp³-hybridized carbons (Fsp3) is 0.308. The maximum atomic E-state index is 13.5. The molecule has 1 N–H and O–H groups in total. The summed E-state index contributed by atoms with van der Waals surface area (Å²) in [6.45, 7) is 0. The molecule has 1 aromatic rings. The van der Waals surface area contributed by atoms with Crippen molar-refractivity contribution in [3.63, 3.8) is 0 Å². The largest absolute Gasteiger partial charge is 0.453 e. The molecule has 0 saturated carbocycles. The maximum absolute atomic E-state index is 13.5. The van der Waals surface area contributed by atoms with E-state index in [1.165, 1.54) is 24.3 Å². The monoisotopic (exact) mass is 439 g/mol. The molecule has 25 heavy (non-hydrogen) atoms. The average Bonchev–Trinajstić information content (AvgIpc) is 2.90. The number of benzene rings is 1. The highest BCUT2D eigenvalue weighted by atomic mass is 35.5. The van der Waals surface area contributed by atoms with Gasteiger partial charge in [0.2, 0.25) is 0 Å². The minimum atomic E-state index is -5.10. The minimum absolute atomic E-state index is 0.0423. The highest BCUT2D eigenvalue weighted by Crippen LogP contribution is 2.41. The molecule has 0 aliphatic carbocycles. The molecule has 1 aliphatic heterocycles. The zero-order valence-electron chi connectivity index (χ0n) is 11.8. The van der Waals surface area contributed by atoms with Gasteiger partial charge >= 0.3 is 16.6 Å². The molecule has 0 saturated heterocycles. The molecule has 0 spiro atoms. The van der Waals surface area contributed by atoms with E-state index in [0.29, 0.717) is 0 Å². The third-order valence-electron chi connectivity index (χ3n) is 3.10. The van der Waals surface area contributed by atoms with E-state index in [1.807, 2.05) is 0 Å². The van der Waals surface area contributed by atoms with Crippen molar-refractivity contribution >= 4 is 51.8 Å². The van der Waals surface area contributed by atoms with Gasteiger partial charge in [-0.1, -0.05) is 29.3 Å². The maximum Gasteiger partial charge on any atom is 0.410 e. The van der Waals surface area contributed by atoms with Gasteiger partial charge in [0, 0.05) is 16.1 Å². The number of cyclic esters (lactones) is 1. The number of esters is 1. The third-order valence-corrected chi connectivity index (χ3v) is 5.20. The van der Waals surface area contributed by atoms with Crippen molar-refractivity contribution < 1.29 is 31.3 Å². The summed E-state index contributed by atoms with van der Waals surface area (Å²) < 4.78 is 71.1. The van der Waals surface area contributed by atoms with Crippen molar-refractivity contribution in [2.75, 3.05) is 0 Å². The highest BCUT2D eigenvalue weighted by molar-refractivity contribution is 7.84. The van der Waals surface area contributed by atoms with E-state index in [9.17, 15) is 26.6 Å². The molecule has 0 fully saturated rings. The molecule has 1 unspecified atom stereocenters. The van der Waals surface area contributed by atoms with Gasteiger partial charge in [0.25, 0.3) is 0 Å². The lowest BCUT2D eigenvalue weighted by Gasteiger charge is -2.27. The van der Waals surface area contributed by atoms with E-state index in [0.717, 1.165) is 6.08 Å². The van der Waals surface area contributed by atoms with Crippen molar-refractivity contribution in [1.29, 1.82) is 0 Å². The predicted molar refractivity (Wildman–Crippen MR) is 85.2 cm³/mol. The zero-order chi connectivity index (χ0) is 19.0. The van der Waals surface area contributed by atoms with Crippen LogP contribution in [0.4, 0.5) is 17.6 Å². The molecule has 2 rings (SSSR count). The number of carbonyl (C=O) groups excluding carboxylic acids is 1. The van der Waals surface area contributed by atoms with E-state index in [1.54, 1.807) is 4.72 Å². The van der Waals surface area contributed by atoms with Gasteiger partial charge in [-0.05, 0) is 35.4 Å². The van der Waals surface area contributed by atoms with Gasteiger partial charge in [-0.15, -0.1) is 0 Å². The first-order valence-corrected chi connectivity index (χ1v) is 8.68. The van der Waals surface area contributed by atoms with Crippen LogP contribution in [-0.4, -0.2) is 26.9 Å². The van der Waals surface area contributed by atoms with Gasteiger partial charge in [-0.3, -0.25) is 0 Å². The van der Waals surface area contributed by atoms with Crippen molar-refractivity contribution in [2.24, 2.45) is 0 Å². The summed E-state index contributed by atoms with van der Waals surface area (Å²) in [6.07, 6.45) is 0.967. The summed E-state index contributed by atoms with van der Waals surface area (Å²) in [5, 5.41) is -10.00. The van der Waals surface area contributed by atoms with Crippen molar-refractivity contribution in [3.8, 4) is 0 Å². The zero-order valence-corrected chi connectivity index (χ0v) is 14.9. The number of rotatable bonds is 6. The highest BCUT2D eigenvalue weighted by Gasteiger charge is 2.61. The Hall–Kier alpha value is -0.870. The molecular formula is C13H8Cl3F4NO3S. The summed E-state index contributed by atoms with van der Waals surface area (Å²) in [7, 11) is -3.63. The predicted octanol–water partition coefficient (Wildman–Crippen LogP) is 4.19. The first kappa shape index (κ1) is 20.4. The van der Waals surface area contributed by atoms with E-state index in [2.05, 4.69) is 11.6 Å². The normalized spacial score (nSPS) is 20.4. The molecule has 0 amide bonds. The first-order valence-electron chi connectivity index (χ1n) is 6.40. The van der Waals surface area contributed by atoms with E-state index < -0.39 is 39.7 Å². The van der Waals surface area contributed by atoms with Crippen molar-refractivity contribution in [2.45, 2.75) is 22.8 Å². The lowest BCUT2D eigenvalue weighted by molar-refractivity contribution is -0.139. The lowest BCUT2D eigenvalue weighted by Crippen LogP contribution is -2.47. The average molecular weight is 441 g/mol. The summed E-state index contributed by atoms with van der Waals surface area (Å²) in [5.74, 6) is -0.790. The molecule has 138 valence electrons. The Labute approximate surface area is 156 Å². The van der Waals surface area contributed by atoms with Gasteiger partial charge < -0.3 is 4.74 Å². The second-order valence-electron chi connectivity index (χ2n) is 4.81. The van der Waals surface area contributed by atoms with Crippen LogP contribution in [0.15, 0.2) is 30.4 Å². The van der Waals surface area contributed by atoms with Gasteiger partial charge in [0.15, 0.2) is 11.0 Å². The fourth-order valence-corrected chi connectivity index (χ4v) is 3.51. The van der Waals surface area contributed by atoms with E-state index in [-0.39, 0.29) is 15.6 Å². The topological polar surface area (TPSA) is 55.4 Å². The minimum Gasteiger partial charge on any atom is -0.453 e. The fourth-order valence-electron chi connectivity index (χ4n) is 1.92. The summed E-state index contributed by atoms with van der Waals surface area (Å²) >= 11 is 16.0. The smallest absolute Gasteiger partial charge is 0.410 e. The molecule has 1 aliphatic rings. The molecule has 3 atom stereocenters. The number of carbonyl (C=O) groups is 1. The first-order chi connectivity index (χ1) is 11.4. The quantitative estimate of drug-likeness (QED) is 0.410. The molecule has 1 aromatic carbocycles. The number of nitrogens with one attached hydrogen (secondary N) is 1. The molecule has 12 heteroatoms. The Morgan fingerprint density at radius 1 is 1.24 bits per heavy atom. The number of hydrogen-bond donors (Lipinski definition) is 1. The number of ether oxygens (including phenoxy) is 1. The lowest BCUT2D eigenvalue weighted by atomic mass is 10.0. The Bertz CT molecular complexity index is 742. The molecule has 1 heterocycles. The molecule has 0 radical (unpaired) electrons. The summed E-state index contributed by atoms with van der Waals surface area (Å²) in [4.78, 5) is 11.2. The van der Waals surface area contributed by atoms with E-state index in [4.69, 9.17) is 27.9 Å². The summed E-state index contributed by atoms with van der Waals surface area (Å²) in [6, 6.07) is 2.47. The van der Waals surface area contributed by atoms with Crippen LogP contribution in [0.5, 0.6) is 0 Å². The van der Waals surface area contributed by atoms with E-state index >= 15 is 0 Å². The van der Waals surface area contributed by atoms with Crippen LogP contribution in [0.1, 0.15) is 11.6 Å². The molecule has 4 nitrogen and oxygen atoms in total. The Morgan fingerprint density at radius 3 is 2.36 bits per heavy atom. The molecule has 0 aromatic heterocycles. The van der Waals surface area contributed by atoms with Crippen LogP contribution in [0.25, 0.3) is 0 Å². The number of halogens is 7. The van der Waals surface area contributed by atoms with Crippen LogP contribution in [-0.2, 0) is 20.5 Å². The van der Waals surface area contributed by atoms with Crippen LogP contribution in [0.2, 0.25) is 10.0 Å². The summed E-state index contributed by atoms with van der Waals surface area (Å²) in [5.41, 5.74) is 0.0532. The number of alkyl halides is 5. The van der Waals surface area contributed by atoms with Gasteiger partial charge in [0.1, 0.15) is 6.10 Å². The van der Waals surface area contributed by atoms with Crippen LogP contribution in [0.3, 0.4) is 0 Å². The van der Waals surface area contributed by atoms with Gasteiger partial charge in [-0.2, -0.15) is 17.6 Å². The number of hydrogen-bond acceptors (Lipinski definition) is 3.